The quantitative estimate of drug-likeness (QED) is 0.507. The van der Waals surface area contributed by atoms with Gasteiger partial charge in [-0.2, -0.15) is 0 Å². The normalized spacial score (nSPS) is 10.5. The number of fused-ring (bicyclic) bond motifs is 1. The van der Waals surface area contributed by atoms with Crippen LogP contribution >= 0.6 is 0 Å². The van der Waals surface area contributed by atoms with Gasteiger partial charge in [0.2, 0.25) is 0 Å². The molecular formula is C24H17NO3. The van der Waals surface area contributed by atoms with Crippen LogP contribution in [0.25, 0.3) is 22.0 Å². The topological polar surface area (TPSA) is 62.5 Å². The van der Waals surface area contributed by atoms with Gasteiger partial charge in [0.1, 0.15) is 5.75 Å². The van der Waals surface area contributed by atoms with Crippen LogP contribution in [-0.2, 0) is 7.05 Å². The zero-order chi connectivity index (χ0) is 19.7. The van der Waals surface area contributed by atoms with E-state index in [1.165, 1.54) is 0 Å². The minimum Gasteiger partial charge on any atom is -0.508 e. The second-order valence-electron chi connectivity index (χ2n) is 6.53. The molecule has 0 spiro atoms. The molecule has 0 fully saturated rings. The van der Waals surface area contributed by atoms with Gasteiger partial charge < -0.3 is 14.8 Å². The van der Waals surface area contributed by atoms with Crippen LogP contribution in [-0.4, -0.2) is 20.7 Å². The molecule has 1 heterocycles. The first kappa shape index (κ1) is 17.4. The van der Waals surface area contributed by atoms with Crippen molar-refractivity contribution >= 4 is 16.9 Å². The third kappa shape index (κ3) is 3.22. The molecule has 4 aromatic rings. The van der Waals surface area contributed by atoms with Gasteiger partial charge in [-0.05, 0) is 54.1 Å². The zero-order valence-corrected chi connectivity index (χ0v) is 15.2. The SMILES string of the molecule is Cn1ccc2cc(-c3c(C#Cc4cccc(O)c4)cccc3C(=O)O)ccc21. The maximum Gasteiger partial charge on any atom is 0.336 e. The smallest absolute Gasteiger partial charge is 0.336 e. The van der Waals surface area contributed by atoms with Crippen molar-refractivity contribution in [2.24, 2.45) is 7.05 Å². The Morgan fingerprint density at radius 2 is 1.79 bits per heavy atom. The molecule has 0 radical (unpaired) electrons. The summed E-state index contributed by atoms with van der Waals surface area (Å²) >= 11 is 0. The second kappa shape index (κ2) is 6.98. The molecule has 4 nitrogen and oxygen atoms in total. The summed E-state index contributed by atoms with van der Waals surface area (Å²) in [6.45, 7) is 0. The molecule has 0 aliphatic rings. The second-order valence-corrected chi connectivity index (χ2v) is 6.53. The number of carboxylic acids is 1. The number of benzene rings is 3. The monoisotopic (exact) mass is 367 g/mol. The minimum atomic E-state index is -0.996. The number of nitrogens with zero attached hydrogens (tertiary/aromatic N) is 1. The van der Waals surface area contributed by atoms with Crippen molar-refractivity contribution < 1.29 is 15.0 Å². The van der Waals surface area contributed by atoms with Gasteiger partial charge in [0, 0.05) is 40.8 Å². The van der Waals surface area contributed by atoms with E-state index in [0.717, 1.165) is 16.5 Å². The number of aryl methyl sites for hydroxylation is 1. The number of rotatable bonds is 2. The Balaban J connectivity index is 1.90. The summed E-state index contributed by atoms with van der Waals surface area (Å²) in [5.41, 5.74) is 3.95. The molecule has 0 bridgehead atoms. The molecule has 1 aromatic heterocycles. The molecule has 136 valence electrons. The van der Waals surface area contributed by atoms with Gasteiger partial charge >= 0.3 is 5.97 Å². The summed E-state index contributed by atoms with van der Waals surface area (Å²) < 4.78 is 2.02. The van der Waals surface area contributed by atoms with E-state index < -0.39 is 5.97 Å². The molecule has 0 aliphatic carbocycles. The lowest BCUT2D eigenvalue weighted by atomic mass is 9.93. The highest BCUT2D eigenvalue weighted by Gasteiger charge is 2.15. The maximum atomic E-state index is 11.8. The number of phenols is 1. The molecule has 0 aliphatic heterocycles. The van der Waals surface area contributed by atoms with Crippen molar-refractivity contribution in [3.63, 3.8) is 0 Å². The zero-order valence-electron chi connectivity index (χ0n) is 15.2. The summed E-state index contributed by atoms with van der Waals surface area (Å²) in [7, 11) is 1.97. The van der Waals surface area contributed by atoms with Crippen LogP contribution in [0.3, 0.4) is 0 Å². The molecule has 4 rings (SSSR count). The number of aromatic hydroxyl groups is 1. The maximum absolute atomic E-state index is 11.8. The third-order valence-electron chi connectivity index (χ3n) is 4.66. The number of hydrogen-bond donors (Lipinski definition) is 2. The standard InChI is InChI=1S/C24H17NO3/c1-25-13-12-18-15-19(10-11-22(18)25)23-17(5-3-7-21(23)24(27)28)9-8-16-4-2-6-20(26)14-16/h2-7,10-15,26H,1H3,(H,27,28). The molecule has 0 atom stereocenters. The fourth-order valence-corrected chi connectivity index (χ4v) is 3.31. The van der Waals surface area contributed by atoms with Crippen molar-refractivity contribution in [2.45, 2.75) is 0 Å². The Bertz CT molecular complexity index is 1270. The van der Waals surface area contributed by atoms with E-state index >= 15 is 0 Å². The van der Waals surface area contributed by atoms with Gasteiger partial charge in [-0.3, -0.25) is 0 Å². The van der Waals surface area contributed by atoms with Gasteiger partial charge in [-0.15, -0.1) is 0 Å². The van der Waals surface area contributed by atoms with Crippen LogP contribution in [0.5, 0.6) is 5.75 Å². The molecule has 0 saturated heterocycles. The highest BCUT2D eigenvalue weighted by molar-refractivity contribution is 5.99. The van der Waals surface area contributed by atoms with E-state index in [2.05, 4.69) is 11.8 Å². The lowest BCUT2D eigenvalue weighted by Crippen LogP contribution is -2.01. The number of phenolic OH excluding ortho intramolecular Hbond substituents is 1. The van der Waals surface area contributed by atoms with E-state index in [-0.39, 0.29) is 11.3 Å². The Morgan fingerprint density at radius 1 is 0.964 bits per heavy atom. The van der Waals surface area contributed by atoms with Crippen molar-refractivity contribution in [3.8, 4) is 28.7 Å². The predicted octanol–water partition coefficient (Wildman–Crippen LogP) is 4.65. The lowest BCUT2D eigenvalue weighted by Gasteiger charge is -2.10. The highest BCUT2D eigenvalue weighted by Crippen LogP contribution is 2.30. The number of hydrogen-bond acceptors (Lipinski definition) is 2. The Kier molecular flexibility index (Phi) is 4.35. The first-order valence-electron chi connectivity index (χ1n) is 8.76. The minimum absolute atomic E-state index is 0.140. The number of aromatic carboxylic acids is 1. The van der Waals surface area contributed by atoms with Crippen molar-refractivity contribution in [3.05, 3.63) is 89.6 Å². The summed E-state index contributed by atoms with van der Waals surface area (Å²) in [6, 6.07) is 19.6. The fraction of sp³-hybridized carbons (Fsp3) is 0.0417. The molecule has 0 amide bonds. The van der Waals surface area contributed by atoms with Crippen molar-refractivity contribution in [1.29, 1.82) is 0 Å². The van der Waals surface area contributed by atoms with Crippen LogP contribution in [0, 0.1) is 11.8 Å². The molecule has 3 aromatic carbocycles. The molecule has 28 heavy (non-hydrogen) atoms. The Morgan fingerprint density at radius 3 is 2.57 bits per heavy atom. The van der Waals surface area contributed by atoms with E-state index in [1.54, 1.807) is 36.4 Å². The largest absolute Gasteiger partial charge is 0.508 e. The van der Waals surface area contributed by atoms with Crippen LogP contribution < -0.4 is 0 Å². The van der Waals surface area contributed by atoms with Gasteiger partial charge in [0.25, 0.3) is 0 Å². The van der Waals surface area contributed by atoms with E-state index in [9.17, 15) is 15.0 Å². The summed E-state index contributed by atoms with van der Waals surface area (Å²) in [4.78, 5) is 11.8. The van der Waals surface area contributed by atoms with E-state index in [1.807, 2.05) is 48.1 Å². The predicted molar refractivity (Wildman–Crippen MR) is 109 cm³/mol. The van der Waals surface area contributed by atoms with Crippen LogP contribution in [0.4, 0.5) is 0 Å². The first-order chi connectivity index (χ1) is 13.5. The van der Waals surface area contributed by atoms with Crippen molar-refractivity contribution in [1.82, 2.24) is 4.57 Å². The van der Waals surface area contributed by atoms with Gasteiger partial charge in [-0.1, -0.05) is 30.0 Å². The van der Waals surface area contributed by atoms with Gasteiger partial charge in [0.15, 0.2) is 0 Å². The molecular weight excluding hydrogens is 350 g/mol. The van der Waals surface area contributed by atoms with E-state index in [4.69, 9.17) is 0 Å². The molecule has 0 unspecified atom stereocenters. The fourth-order valence-electron chi connectivity index (χ4n) is 3.31. The van der Waals surface area contributed by atoms with Crippen LogP contribution in [0.2, 0.25) is 0 Å². The number of aromatic nitrogens is 1. The Labute approximate surface area is 162 Å². The summed E-state index contributed by atoms with van der Waals surface area (Å²) in [6.07, 6.45) is 1.97. The first-order valence-corrected chi connectivity index (χ1v) is 8.76. The van der Waals surface area contributed by atoms with Crippen LogP contribution in [0.15, 0.2) is 72.9 Å². The van der Waals surface area contributed by atoms with Gasteiger partial charge in [-0.25, -0.2) is 4.79 Å². The molecule has 4 heteroatoms. The highest BCUT2D eigenvalue weighted by atomic mass is 16.4. The lowest BCUT2D eigenvalue weighted by molar-refractivity contribution is 0.0697. The third-order valence-corrected chi connectivity index (χ3v) is 4.66. The number of carboxylic acid groups (broad SMARTS) is 1. The average molecular weight is 367 g/mol. The van der Waals surface area contributed by atoms with Gasteiger partial charge in [0.05, 0.1) is 5.56 Å². The van der Waals surface area contributed by atoms with Crippen LogP contribution in [0.1, 0.15) is 21.5 Å². The number of carbonyl (C=O) groups is 1. The molecule has 0 saturated carbocycles. The summed E-state index contributed by atoms with van der Waals surface area (Å²) in [5.74, 6) is 5.23. The molecule has 2 N–H and O–H groups in total. The van der Waals surface area contributed by atoms with Crippen molar-refractivity contribution in [2.75, 3.05) is 0 Å². The van der Waals surface area contributed by atoms with E-state index in [0.29, 0.717) is 16.7 Å². The summed E-state index contributed by atoms with van der Waals surface area (Å²) in [5, 5.41) is 20.4. The average Bonchev–Trinajstić information content (AvgIpc) is 3.06. The Hall–Kier alpha value is -3.97.